The summed E-state index contributed by atoms with van der Waals surface area (Å²) < 4.78 is 1.08. The normalized spacial score (nSPS) is 13.0. The highest BCUT2D eigenvalue weighted by atomic mass is 127. The third-order valence-electron chi connectivity index (χ3n) is 1.82. The van der Waals surface area contributed by atoms with Crippen molar-refractivity contribution >= 4 is 34.2 Å². The summed E-state index contributed by atoms with van der Waals surface area (Å²) in [4.78, 5) is 0. The van der Waals surface area contributed by atoms with Crippen molar-refractivity contribution in [1.29, 1.82) is 0 Å². The number of nitrogens with two attached hydrogens (primary N) is 1. The van der Waals surface area contributed by atoms with Crippen molar-refractivity contribution in [2.75, 3.05) is 0 Å². The molecule has 0 aliphatic heterocycles. The van der Waals surface area contributed by atoms with E-state index in [1.807, 2.05) is 18.2 Å². The quantitative estimate of drug-likeness (QED) is 0.832. The van der Waals surface area contributed by atoms with Crippen LogP contribution in [0.2, 0.25) is 5.02 Å². The smallest absolute Gasteiger partial charge is 0.0542 e. The fourth-order valence-electron chi connectivity index (χ4n) is 1.03. The van der Waals surface area contributed by atoms with Gasteiger partial charge < -0.3 is 5.73 Å². The van der Waals surface area contributed by atoms with E-state index in [4.69, 9.17) is 17.3 Å². The highest BCUT2D eigenvalue weighted by molar-refractivity contribution is 14.1. The fourth-order valence-corrected chi connectivity index (χ4v) is 1.97. The van der Waals surface area contributed by atoms with Gasteiger partial charge in [0.25, 0.3) is 0 Å². The molecule has 1 unspecified atom stereocenters. The Morgan fingerprint density at radius 1 is 1.58 bits per heavy atom. The fraction of sp³-hybridized carbons (Fsp3) is 0.333. The Kier molecular flexibility index (Phi) is 3.80. The van der Waals surface area contributed by atoms with E-state index in [9.17, 15) is 0 Å². The first kappa shape index (κ1) is 10.3. The Labute approximate surface area is 91.4 Å². The summed E-state index contributed by atoms with van der Waals surface area (Å²) in [6.45, 7) is 2.07. The predicted octanol–water partition coefficient (Wildman–Crippen LogP) is 3.35. The molecule has 12 heavy (non-hydrogen) atoms. The molecular weight excluding hydrogens is 284 g/mol. The van der Waals surface area contributed by atoms with Crippen LogP contribution < -0.4 is 5.73 Å². The maximum Gasteiger partial charge on any atom is 0.0542 e. The van der Waals surface area contributed by atoms with Crippen molar-refractivity contribution in [3.8, 4) is 0 Å². The van der Waals surface area contributed by atoms with Gasteiger partial charge in [0.2, 0.25) is 0 Å². The predicted molar refractivity (Wildman–Crippen MR) is 61.4 cm³/mol. The van der Waals surface area contributed by atoms with Crippen molar-refractivity contribution in [2.24, 2.45) is 5.73 Å². The van der Waals surface area contributed by atoms with Gasteiger partial charge in [-0.15, -0.1) is 0 Å². The molecule has 66 valence electrons. The molecule has 1 rings (SSSR count). The van der Waals surface area contributed by atoms with Crippen LogP contribution in [0.3, 0.4) is 0 Å². The molecule has 0 radical (unpaired) electrons. The summed E-state index contributed by atoms with van der Waals surface area (Å²) in [6.07, 6.45) is 0.941. The lowest BCUT2D eigenvalue weighted by Gasteiger charge is -2.11. The monoisotopic (exact) mass is 295 g/mol. The summed E-state index contributed by atoms with van der Waals surface area (Å²) in [6, 6.07) is 5.96. The second kappa shape index (κ2) is 4.44. The van der Waals surface area contributed by atoms with Crippen LogP contribution in [0.25, 0.3) is 0 Å². The Morgan fingerprint density at radius 3 is 2.83 bits per heavy atom. The first-order valence-electron chi connectivity index (χ1n) is 3.86. The molecular formula is C9H11ClIN. The van der Waals surface area contributed by atoms with Gasteiger partial charge in [-0.2, -0.15) is 0 Å². The molecule has 2 N–H and O–H groups in total. The molecule has 0 saturated heterocycles. The van der Waals surface area contributed by atoms with Crippen LogP contribution in [0.15, 0.2) is 18.2 Å². The van der Waals surface area contributed by atoms with Crippen molar-refractivity contribution < 1.29 is 0 Å². The molecule has 1 nitrogen and oxygen atoms in total. The molecule has 0 aliphatic carbocycles. The Hall–Kier alpha value is 0.200. The van der Waals surface area contributed by atoms with E-state index >= 15 is 0 Å². The number of rotatable bonds is 2. The zero-order chi connectivity index (χ0) is 9.14. The van der Waals surface area contributed by atoms with E-state index in [-0.39, 0.29) is 6.04 Å². The van der Waals surface area contributed by atoms with Gasteiger partial charge in [0.15, 0.2) is 0 Å². The molecule has 0 aliphatic rings. The zero-order valence-electron chi connectivity index (χ0n) is 6.85. The molecule has 1 aromatic rings. The van der Waals surface area contributed by atoms with Crippen LogP contribution in [0.1, 0.15) is 24.9 Å². The lowest BCUT2D eigenvalue weighted by atomic mass is 10.1. The standard InChI is InChI=1S/C9H11ClIN/c1-2-8(12)6-4-3-5-7(10)9(6)11/h3-5,8H,2,12H2,1H3. The van der Waals surface area contributed by atoms with E-state index < -0.39 is 0 Å². The Balaban J connectivity index is 3.07. The average molecular weight is 296 g/mol. The van der Waals surface area contributed by atoms with Gasteiger partial charge in [-0.1, -0.05) is 30.7 Å². The molecule has 0 fully saturated rings. The van der Waals surface area contributed by atoms with Crippen molar-refractivity contribution in [3.05, 3.63) is 32.4 Å². The average Bonchev–Trinajstić information content (AvgIpc) is 2.08. The van der Waals surface area contributed by atoms with Crippen molar-refractivity contribution in [3.63, 3.8) is 0 Å². The van der Waals surface area contributed by atoms with Gasteiger partial charge in [-0.05, 0) is 40.6 Å². The van der Waals surface area contributed by atoms with Crippen molar-refractivity contribution in [1.82, 2.24) is 0 Å². The van der Waals surface area contributed by atoms with Gasteiger partial charge >= 0.3 is 0 Å². The summed E-state index contributed by atoms with van der Waals surface area (Å²) in [5.41, 5.74) is 7.04. The number of hydrogen-bond acceptors (Lipinski definition) is 1. The minimum absolute atomic E-state index is 0.107. The molecule has 0 heterocycles. The van der Waals surface area contributed by atoms with Gasteiger partial charge in [0.1, 0.15) is 0 Å². The second-order valence-electron chi connectivity index (χ2n) is 2.66. The number of halogens is 2. The summed E-state index contributed by atoms with van der Waals surface area (Å²) >= 11 is 8.18. The van der Waals surface area contributed by atoms with E-state index in [1.54, 1.807) is 0 Å². The Bertz CT molecular complexity index is 275. The number of hydrogen-bond donors (Lipinski definition) is 1. The van der Waals surface area contributed by atoms with Crippen LogP contribution in [-0.2, 0) is 0 Å². The van der Waals surface area contributed by atoms with Crippen LogP contribution in [0.5, 0.6) is 0 Å². The summed E-state index contributed by atoms with van der Waals surface area (Å²) in [5.74, 6) is 0. The summed E-state index contributed by atoms with van der Waals surface area (Å²) in [7, 11) is 0. The molecule has 1 atom stereocenters. The molecule has 0 bridgehead atoms. The third kappa shape index (κ3) is 2.12. The van der Waals surface area contributed by atoms with Crippen molar-refractivity contribution in [2.45, 2.75) is 19.4 Å². The third-order valence-corrected chi connectivity index (χ3v) is 3.66. The molecule has 0 aromatic heterocycles. The van der Waals surface area contributed by atoms with Gasteiger partial charge in [0.05, 0.1) is 5.02 Å². The maximum absolute atomic E-state index is 5.95. The molecule has 0 amide bonds. The maximum atomic E-state index is 5.95. The van der Waals surface area contributed by atoms with Crippen LogP contribution in [0, 0.1) is 3.57 Å². The van der Waals surface area contributed by atoms with E-state index in [0.717, 1.165) is 20.6 Å². The zero-order valence-corrected chi connectivity index (χ0v) is 9.76. The number of benzene rings is 1. The first-order valence-corrected chi connectivity index (χ1v) is 5.32. The van der Waals surface area contributed by atoms with Crippen LogP contribution in [-0.4, -0.2) is 0 Å². The summed E-state index contributed by atoms with van der Waals surface area (Å²) in [5, 5.41) is 0.789. The minimum atomic E-state index is 0.107. The van der Waals surface area contributed by atoms with Gasteiger partial charge in [-0.25, -0.2) is 0 Å². The van der Waals surface area contributed by atoms with E-state index in [0.29, 0.717) is 0 Å². The van der Waals surface area contributed by atoms with Crippen LogP contribution in [0.4, 0.5) is 0 Å². The van der Waals surface area contributed by atoms with E-state index in [1.165, 1.54) is 0 Å². The molecule has 1 aromatic carbocycles. The highest BCUT2D eigenvalue weighted by Gasteiger charge is 2.08. The Morgan fingerprint density at radius 2 is 2.25 bits per heavy atom. The molecule has 0 saturated carbocycles. The molecule has 0 spiro atoms. The molecule has 3 heteroatoms. The second-order valence-corrected chi connectivity index (χ2v) is 4.14. The van der Waals surface area contributed by atoms with Gasteiger partial charge in [-0.3, -0.25) is 0 Å². The minimum Gasteiger partial charge on any atom is -0.324 e. The lowest BCUT2D eigenvalue weighted by Crippen LogP contribution is -2.10. The van der Waals surface area contributed by atoms with E-state index in [2.05, 4.69) is 29.5 Å². The van der Waals surface area contributed by atoms with Gasteiger partial charge in [0, 0.05) is 9.61 Å². The van der Waals surface area contributed by atoms with Crippen LogP contribution >= 0.6 is 34.2 Å². The first-order chi connectivity index (χ1) is 5.66. The highest BCUT2D eigenvalue weighted by Crippen LogP contribution is 2.26. The SMILES string of the molecule is CCC(N)c1cccc(Cl)c1I. The largest absolute Gasteiger partial charge is 0.324 e. The lowest BCUT2D eigenvalue weighted by molar-refractivity contribution is 0.695. The topological polar surface area (TPSA) is 26.0 Å².